The number of aliphatic imine (C=N–C) groups is 1. The van der Waals surface area contributed by atoms with Gasteiger partial charge in [-0.3, -0.25) is 9.79 Å². The molecule has 28 heavy (non-hydrogen) atoms. The Kier molecular flexibility index (Phi) is 7.80. The van der Waals surface area contributed by atoms with Crippen molar-refractivity contribution >= 4 is 23.2 Å². The first kappa shape index (κ1) is 21.7. The minimum atomic E-state index is -4.41. The van der Waals surface area contributed by atoms with Gasteiger partial charge >= 0.3 is 6.18 Å². The molecular formula is C18H22F3N5OS. The number of nitrogens with zero attached hydrogens (tertiary/aromatic N) is 2. The van der Waals surface area contributed by atoms with Crippen LogP contribution in [0.5, 0.6) is 0 Å². The Bertz CT molecular complexity index is 802. The fourth-order valence-corrected chi connectivity index (χ4v) is 3.09. The fraction of sp³-hybridized carbons (Fsp3) is 0.389. The van der Waals surface area contributed by atoms with Crippen molar-refractivity contribution in [2.45, 2.75) is 26.1 Å². The first-order chi connectivity index (χ1) is 13.3. The Balaban J connectivity index is 1.78. The van der Waals surface area contributed by atoms with E-state index in [1.54, 1.807) is 19.2 Å². The summed E-state index contributed by atoms with van der Waals surface area (Å²) in [5, 5.41) is 10.3. The molecule has 0 aliphatic rings. The van der Waals surface area contributed by atoms with E-state index >= 15 is 0 Å². The summed E-state index contributed by atoms with van der Waals surface area (Å²) in [6, 6.07) is 7.19. The number of thiazole rings is 1. The van der Waals surface area contributed by atoms with Crippen molar-refractivity contribution in [2.24, 2.45) is 4.99 Å². The third kappa shape index (κ3) is 6.52. The molecule has 0 unspecified atom stereocenters. The van der Waals surface area contributed by atoms with Gasteiger partial charge in [0.2, 0.25) is 0 Å². The lowest BCUT2D eigenvalue weighted by Gasteiger charge is -2.12. The number of rotatable bonds is 7. The zero-order valence-corrected chi connectivity index (χ0v) is 16.4. The molecule has 0 aliphatic heterocycles. The lowest BCUT2D eigenvalue weighted by atomic mass is 10.1. The lowest BCUT2D eigenvalue weighted by molar-refractivity contribution is -0.140. The molecule has 152 valence electrons. The van der Waals surface area contributed by atoms with Gasteiger partial charge in [-0.25, -0.2) is 4.98 Å². The third-order valence-electron chi connectivity index (χ3n) is 3.71. The number of halogens is 3. The smallest absolute Gasteiger partial charge is 0.356 e. The maximum absolute atomic E-state index is 12.6. The van der Waals surface area contributed by atoms with Gasteiger partial charge in [0.05, 0.1) is 5.01 Å². The molecule has 6 nitrogen and oxygen atoms in total. The van der Waals surface area contributed by atoms with Crippen LogP contribution in [0.3, 0.4) is 0 Å². The van der Waals surface area contributed by atoms with Gasteiger partial charge in [0.25, 0.3) is 5.91 Å². The maximum Gasteiger partial charge on any atom is 0.434 e. The number of hydrogen-bond donors (Lipinski definition) is 3. The van der Waals surface area contributed by atoms with Crippen LogP contribution in [0.15, 0.2) is 34.6 Å². The van der Waals surface area contributed by atoms with Gasteiger partial charge in [-0.1, -0.05) is 12.1 Å². The van der Waals surface area contributed by atoms with Crippen molar-refractivity contribution < 1.29 is 18.0 Å². The number of carbonyl (C=O) groups is 1. The van der Waals surface area contributed by atoms with Crippen LogP contribution in [-0.2, 0) is 19.1 Å². The Labute approximate surface area is 165 Å². The summed E-state index contributed by atoms with van der Waals surface area (Å²) in [4.78, 5) is 19.4. The topological polar surface area (TPSA) is 78.4 Å². The average Bonchev–Trinajstić information content (AvgIpc) is 3.14. The Morgan fingerprint density at radius 2 is 1.89 bits per heavy atom. The third-order valence-corrected chi connectivity index (χ3v) is 4.62. The molecule has 2 aromatic rings. The van der Waals surface area contributed by atoms with Crippen LogP contribution in [0.25, 0.3) is 0 Å². The highest BCUT2D eigenvalue weighted by Gasteiger charge is 2.33. The first-order valence-corrected chi connectivity index (χ1v) is 9.54. The molecule has 0 bridgehead atoms. The van der Waals surface area contributed by atoms with Gasteiger partial charge < -0.3 is 16.0 Å². The summed E-state index contributed by atoms with van der Waals surface area (Å²) in [5.41, 5.74) is 0.701. The van der Waals surface area contributed by atoms with Crippen LogP contribution in [0.1, 0.15) is 33.5 Å². The summed E-state index contributed by atoms with van der Waals surface area (Å²) in [7, 11) is 1.61. The van der Waals surface area contributed by atoms with Gasteiger partial charge in [-0.05, 0) is 24.6 Å². The van der Waals surface area contributed by atoms with Crippen molar-refractivity contribution in [3.63, 3.8) is 0 Å². The maximum atomic E-state index is 12.6. The van der Waals surface area contributed by atoms with Crippen LogP contribution in [0.2, 0.25) is 0 Å². The Morgan fingerprint density at radius 1 is 1.18 bits per heavy atom. The number of guanidine groups is 1. The Hall–Kier alpha value is -2.62. The highest BCUT2D eigenvalue weighted by Crippen LogP contribution is 2.29. The van der Waals surface area contributed by atoms with Crippen LogP contribution in [0.4, 0.5) is 13.2 Å². The van der Waals surface area contributed by atoms with Crippen LogP contribution >= 0.6 is 11.3 Å². The number of amides is 1. The van der Waals surface area contributed by atoms with Crippen molar-refractivity contribution in [3.8, 4) is 0 Å². The number of hydrogen-bond acceptors (Lipinski definition) is 4. The van der Waals surface area contributed by atoms with Gasteiger partial charge in [0, 0.05) is 44.0 Å². The predicted octanol–water partition coefficient (Wildman–Crippen LogP) is 2.82. The molecule has 10 heteroatoms. The highest BCUT2D eigenvalue weighted by atomic mass is 32.1. The monoisotopic (exact) mass is 413 g/mol. The molecule has 3 N–H and O–H groups in total. The van der Waals surface area contributed by atoms with Crippen LogP contribution < -0.4 is 16.0 Å². The molecule has 2 rings (SSSR count). The largest absolute Gasteiger partial charge is 0.434 e. The van der Waals surface area contributed by atoms with E-state index in [9.17, 15) is 18.0 Å². The van der Waals surface area contributed by atoms with Crippen molar-refractivity contribution in [1.29, 1.82) is 0 Å². The molecule has 0 spiro atoms. The summed E-state index contributed by atoms with van der Waals surface area (Å²) >= 11 is 0.989. The second-order valence-electron chi connectivity index (χ2n) is 5.78. The van der Waals surface area contributed by atoms with E-state index in [1.807, 2.05) is 19.1 Å². The van der Waals surface area contributed by atoms with Crippen LogP contribution in [0, 0.1) is 0 Å². The van der Waals surface area contributed by atoms with Gasteiger partial charge in [0.15, 0.2) is 11.7 Å². The summed E-state index contributed by atoms with van der Waals surface area (Å²) < 4.78 is 37.7. The Morgan fingerprint density at radius 3 is 2.46 bits per heavy atom. The lowest BCUT2D eigenvalue weighted by Crippen LogP contribution is -2.37. The minimum Gasteiger partial charge on any atom is -0.356 e. The van der Waals surface area contributed by atoms with Gasteiger partial charge in [0.1, 0.15) is 0 Å². The average molecular weight is 413 g/mol. The molecule has 0 fully saturated rings. The molecule has 0 aliphatic carbocycles. The van der Waals surface area contributed by atoms with Crippen LogP contribution in [-0.4, -0.2) is 37.0 Å². The van der Waals surface area contributed by atoms with E-state index in [0.29, 0.717) is 42.6 Å². The zero-order valence-electron chi connectivity index (χ0n) is 15.6. The van der Waals surface area contributed by atoms with Crippen molar-refractivity contribution in [2.75, 3.05) is 20.1 Å². The summed E-state index contributed by atoms with van der Waals surface area (Å²) in [6.45, 7) is 3.33. The predicted molar refractivity (Wildman–Crippen MR) is 103 cm³/mol. The molecule has 1 heterocycles. The van der Waals surface area contributed by atoms with E-state index in [-0.39, 0.29) is 5.91 Å². The molecule has 1 aromatic heterocycles. The fourth-order valence-electron chi connectivity index (χ4n) is 2.29. The molecular weight excluding hydrogens is 391 g/mol. The van der Waals surface area contributed by atoms with Crippen molar-refractivity contribution in [3.05, 3.63) is 51.5 Å². The number of nitrogens with one attached hydrogen (secondary N) is 3. The molecule has 0 saturated heterocycles. The number of aromatic nitrogens is 1. The van der Waals surface area contributed by atoms with E-state index < -0.39 is 11.9 Å². The number of carbonyl (C=O) groups excluding carboxylic acids is 1. The molecule has 0 atom stereocenters. The first-order valence-electron chi connectivity index (χ1n) is 8.66. The van der Waals surface area contributed by atoms with E-state index in [1.165, 1.54) is 0 Å². The standard InChI is InChI=1S/C18H22F3N5OS/c1-3-23-16(27)13-6-4-12(5-7-13)10-25-17(22-2)24-9-8-15-26-14(11-28-15)18(19,20)21/h4-7,11H,3,8-10H2,1-2H3,(H,23,27)(H2,22,24,25). The number of alkyl halides is 3. The van der Waals surface area contributed by atoms with Gasteiger partial charge in [-0.15, -0.1) is 11.3 Å². The normalized spacial score (nSPS) is 12.0. The molecule has 1 amide bonds. The quantitative estimate of drug-likeness (QED) is 0.482. The highest BCUT2D eigenvalue weighted by molar-refractivity contribution is 7.09. The number of benzene rings is 1. The van der Waals surface area contributed by atoms with E-state index in [0.717, 1.165) is 22.3 Å². The second kappa shape index (κ2) is 10.1. The van der Waals surface area contributed by atoms with Gasteiger partial charge in [-0.2, -0.15) is 13.2 Å². The summed E-state index contributed by atoms with van der Waals surface area (Å²) in [5.74, 6) is 0.413. The molecule has 0 saturated carbocycles. The molecule has 1 aromatic carbocycles. The van der Waals surface area contributed by atoms with E-state index in [2.05, 4.69) is 25.9 Å². The van der Waals surface area contributed by atoms with E-state index in [4.69, 9.17) is 0 Å². The minimum absolute atomic E-state index is 0.115. The SMILES string of the molecule is CCNC(=O)c1ccc(CNC(=NC)NCCc2nc(C(F)(F)F)cs2)cc1. The molecule has 0 radical (unpaired) electrons. The second-order valence-corrected chi connectivity index (χ2v) is 6.73. The zero-order chi connectivity index (χ0) is 20.6. The van der Waals surface area contributed by atoms with Crippen molar-refractivity contribution in [1.82, 2.24) is 20.9 Å². The summed E-state index contributed by atoms with van der Waals surface area (Å²) in [6.07, 6.45) is -4.05.